The minimum atomic E-state index is -1.54. The second-order valence-electron chi connectivity index (χ2n) is 18.2. The maximum atomic E-state index is 7.19. The monoisotopic (exact) mass is 826 g/mol. The summed E-state index contributed by atoms with van der Waals surface area (Å²) in [5.74, 6) is 0. The third kappa shape index (κ3) is 6.10. The summed E-state index contributed by atoms with van der Waals surface area (Å²) in [6, 6.07) is 60.5. The third-order valence-electron chi connectivity index (χ3n) is 12.1. The first-order valence-electron chi connectivity index (χ1n) is 21.1. The Labute approximate surface area is 357 Å². The Kier molecular flexibility index (Phi) is 8.46. The quantitative estimate of drug-likeness (QED) is 0.143. The Hall–Kier alpha value is -6.81. The molecule has 7 heteroatoms. The molecule has 61 heavy (non-hydrogen) atoms. The average Bonchev–Trinajstić information content (AvgIpc) is 3.96. The van der Waals surface area contributed by atoms with E-state index < -0.39 is 16.1 Å². The zero-order valence-corrected chi connectivity index (χ0v) is 37.3. The largest absolute Gasteiger partial charge is 0.456 e. The van der Waals surface area contributed by atoms with Crippen molar-refractivity contribution in [1.82, 2.24) is 0 Å². The van der Waals surface area contributed by atoms with Crippen molar-refractivity contribution in [2.75, 3.05) is 9.80 Å². The molecule has 0 aliphatic carbocycles. The molecule has 0 saturated heterocycles. The number of nitrogens with zero attached hydrogens (tertiary/aromatic N) is 2. The second-order valence-corrected chi connectivity index (χ2v) is 28.3. The van der Waals surface area contributed by atoms with Crippen LogP contribution in [0.2, 0.25) is 39.3 Å². The van der Waals surface area contributed by atoms with Crippen LogP contribution < -0.4 is 20.2 Å². The molecule has 5 nitrogen and oxygen atoms in total. The number of para-hydroxylation sites is 4. The number of benzene rings is 8. The van der Waals surface area contributed by atoms with Crippen LogP contribution in [0.15, 0.2) is 183 Å². The minimum absolute atomic E-state index is 0.741. The molecule has 0 aliphatic rings. The molecule has 0 atom stereocenters. The molecule has 0 N–H and O–H groups in total. The summed E-state index contributed by atoms with van der Waals surface area (Å²) in [5, 5.41) is 8.83. The first-order valence-corrected chi connectivity index (χ1v) is 28.1. The van der Waals surface area contributed by atoms with Crippen molar-refractivity contribution in [3.8, 4) is 0 Å². The van der Waals surface area contributed by atoms with E-state index in [0.717, 1.165) is 99.9 Å². The fourth-order valence-corrected chi connectivity index (χ4v) is 11.4. The Morgan fingerprint density at radius 2 is 0.738 bits per heavy atom. The van der Waals surface area contributed by atoms with Crippen molar-refractivity contribution in [3.63, 3.8) is 0 Å². The molecular formula is C54H46N2O3Si2. The van der Waals surface area contributed by atoms with Crippen LogP contribution in [0.25, 0.3) is 65.8 Å². The highest BCUT2D eigenvalue weighted by molar-refractivity contribution is 6.89. The molecule has 0 spiro atoms. The lowest BCUT2D eigenvalue weighted by Gasteiger charge is -2.27. The number of rotatable bonds is 8. The highest BCUT2D eigenvalue weighted by Crippen LogP contribution is 2.52. The minimum Gasteiger partial charge on any atom is -0.456 e. The van der Waals surface area contributed by atoms with Crippen LogP contribution in [-0.2, 0) is 0 Å². The average molecular weight is 827 g/mol. The van der Waals surface area contributed by atoms with E-state index in [1.165, 1.54) is 10.4 Å². The smallest absolute Gasteiger partial charge is 0.160 e. The summed E-state index contributed by atoms with van der Waals surface area (Å²) in [6.45, 7) is 14.3. The van der Waals surface area contributed by atoms with Gasteiger partial charge in [-0.25, -0.2) is 0 Å². The highest BCUT2D eigenvalue weighted by Gasteiger charge is 2.30. The van der Waals surface area contributed by atoms with Gasteiger partial charge in [0.05, 0.1) is 38.3 Å². The normalized spacial score (nSPS) is 12.4. The molecule has 11 aromatic rings. The van der Waals surface area contributed by atoms with Crippen molar-refractivity contribution in [2.24, 2.45) is 0 Å². The third-order valence-corrected chi connectivity index (χ3v) is 16.3. The first-order chi connectivity index (χ1) is 29.5. The number of anilines is 6. The van der Waals surface area contributed by atoms with Gasteiger partial charge in [0, 0.05) is 56.4 Å². The zero-order chi connectivity index (χ0) is 41.6. The SMILES string of the molecule is C[Si](C)(C)c1ccc(N(c2ccccc2)c2cc3oc4cc(N(c5ccccc5)c5ccc([Si](C)(C)C)cc5)c5c6ccccc6oc5c4c3c3c2oc2ccccc23)cc1. The van der Waals surface area contributed by atoms with Gasteiger partial charge in [0.1, 0.15) is 27.9 Å². The lowest BCUT2D eigenvalue weighted by Crippen LogP contribution is -2.37. The molecule has 0 aliphatic heterocycles. The maximum absolute atomic E-state index is 7.19. The molecule has 3 heterocycles. The Morgan fingerprint density at radius 1 is 0.328 bits per heavy atom. The van der Waals surface area contributed by atoms with Crippen molar-refractivity contribution < 1.29 is 13.3 Å². The zero-order valence-electron chi connectivity index (χ0n) is 35.3. The van der Waals surface area contributed by atoms with Gasteiger partial charge in [0.25, 0.3) is 0 Å². The molecule has 298 valence electrons. The van der Waals surface area contributed by atoms with Crippen molar-refractivity contribution in [3.05, 3.63) is 170 Å². The van der Waals surface area contributed by atoms with E-state index in [9.17, 15) is 0 Å². The molecule has 3 aromatic heterocycles. The molecule has 0 saturated carbocycles. The van der Waals surface area contributed by atoms with E-state index in [1.54, 1.807) is 0 Å². The van der Waals surface area contributed by atoms with Crippen molar-refractivity contribution in [2.45, 2.75) is 39.3 Å². The van der Waals surface area contributed by atoms with Gasteiger partial charge in [0.2, 0.25) is 0 Å². The van der Waals surface area contributed by atoms with Gasteiger partial charge >= 0.3 is 0 Å². The predicted molar refractivity (Wildman–Crippen MR) is 264 cm³/mol. The number of hydrogen-bond donors (Lipinski definition) is 0. The molecule has 0 bridgehead atoms. The standard InChI is InChI=1S/C54H46N2O3Si2/c1-60(2,3)39-29-25-37(26-30-39)55(35-17-9-7-10-18-35)43-33-48-52(54-49(43)41-21-13-15-23-45(41)59-54)51-47(57-48)34-44(53-50(51)42-22-14-16-24-46(42)58-53)56(36-19-11-8-12-20-36)38-27-31-40(32-28-38)61(4,5)6/h7-34H,1-6H3. The Bertz CT molecular complexity index is 3430. The van der Waals surface area contributed by atoms with E-state index in [0.29, 0.717) is 0 Å². The summed E-state index contributed by atoms with van der Waals surface area (Å²) in [5.41, 5.74) is 10.8. The Balaban J connectivity index is 1.25. The Morgan fingerprint density at radius 3 is 1.26 bits per heavy atom. The molecule has 0 unspecified atom stereocenters. The summed E-state index contributed by atoms with van der Waals surface area (Å²) in [7, 11) is -3.07. The van der Waals surface area contributed by atoms with Gasteiger partial charge in [-0.3, -0.25) is 0 Å². The van der Waals surface area contributed by atoms with Crippen LogP contribution in [0, 0.1) is 0 Å². The molecule has 0 fully saturated rings. The van der Waals surface area contributed by atoms with Crippen LogP contribution >= 0.6 is 0 Å². The lowest BCUT2D eigenvalue weighted by molar-refractivity contribution is 0.660. The van der Waals surface area contributed by atoms with Crippen LogP contribution in [0.4, 0.5) is 34.1 Å². The number of furan rings is 3. The molecule has 8 aromatic carbocycles. The van der Waals surface area contributed by atoms with Gasteiger partial charge in [-0.1, -0.05) is 147 Å². The topological polar surface area (TPSA) is 45.9 Å². The van der Waals surface area contributed by atoms with Gasteiger partial charge in [0.15, 0.2) is 5.58 Å². The first kappa shape index (κ1) is 37.2. The van der Waals surface area contributed by atoms with Gasteiger partial charge in [-0.15, -0.1) is 0 Å². The highest BCUT2D eigenvalue weighted by atomic mass is 28.3. The van der Waals surface area contributed by atoms with Crippen LogP contribution in [0.5, 0.6) is 0 Å². The summed E-state index contributed by atoms with van der Waals surface area (Å²) in [4.78, 5) is 4.65. The van der Waals surface area contributed by atoms with Crippen molar-refractivity contribution in [1.29, 1.82) is 0 Å². The number of hydrogen-bond acceptors (Lipinski definition) is 5. The van der Waals surface area contributed by atoms with E-state index in [-0.39, 0.29) is 0 Å². The summed E-state index contributed by atoms with van der Waals surface area (Å²) < 4.78 is 21.2. The van der Waals surface area contributed by atoms with Gasteiger partial charge < -0.3 is 23.1 Å². The fourth-order valence-electron chi connectivity index (χ4n) is 9.05. The molecule has 0 amide bonds. The fraction of sp³-hybridized carbons (Fsp3) is 0.111. The van der Waals surface area contributed by atoms with E-state index in [1.807, 2.05) is 12.1 Å². The lowest BCUT2D eigenvalue weighted by atomic mass is 10.0. The van der Waals surface area contributed by atoms with E-state index in [2.05, 4.69) is 207 Å². The van der Waals surface area contributed by atoms with Gasteiger partial charge in [-0.05, 0) is 60.7 Å². The molecular weight excluding hydrogens is 781 g/mol. The predicted octanol–water partition coefficient (Wildman–Crippen LogP) is 15.4. The van der Waals surface area contributed by atoms with Gasteiger partial charge in [-0.2, -0.15) is 0 Å². The van der Waals surface area contributed by atoms with E-state index >= 15 is 0 Å². The van der Waals surface area contributed by atoms with Crippen molar-refractivity contribution >= 4 is 126 Å². The number of fused-ring (bicyclic) bond motifs is 11. The second kappa shape index (κ2) is 13.9. The van der Waals surface area contributed by atoms with Crippen LogP contribution in [0.1, 0.15) is 0 Å². The molecule has 11 rings (SSSR count). The molecule has 0 radical (unpaired) electrons. The van der Waals surface area contributed by atoms with Crippen LogP contribution in [-0.4, -0.2) is 16.1 Å². The van der Waals surface area contributed by atoms with Crippen LogP contribution in [0.3, 0.4) is 0 Å². The maximum Gasteiger partial charge on any atom is 0.160 e. The summed E-state index contributed by atoms with van der Waals surface area (Å²) in [6.07, 6.45) is 0. The van der Waals surface area contributed by atoms with E-state index in [4.69, 9.17) is 13.3 Å². The summed E-state index contributed by atoms with van der Waals surface area (Å²) >= 11 is 0.